The number of benzene rings is 1. The van der Waals surface area contributed by atoms with Crippen molar-refractivity contribution in [2.75, 3.05) is 23.3 Å². The third-order valence-electron chi connectivity index (χ3n) is 7.10. The molecule has 4 aromatic rings. The highest BCUT2D eigenvalue weighted by molar-refractivity contribution is 5.93. The van der Waals surface area contributed by atoms with E-state index >= 15 is 0 Å². The maximum atomic E-state index is 13.1. The Morgan fingerprint density at radius 3 is 2.78 bits per heavy atom. The average molecular weight is 498 g/mol. The zero-order valence-corrected chi connectivity index (χ0v) is 20.4. The molecule has 1 aromatic carbocycles. The van der Waals surface area contributed by atoms with E-state index in [9.17, 15) is 10.1 Å². The predicted octanol–water partition coefficient (Wildman–Crippen LogP) is 4.65. The van der Waals surface area contributed by atoms with Gasteiger partial charge in [-0.05, 0) is 49.9 Å². The molecule has 37 heavy (non-hydrogen) atoms. The Hall–Kier alpha value is -4.39. The number of rotatable bonds is 5. The van der Waals surface area contributed by atoms with Crippen molar-refractivity contribution in [1.29, 1.82) is 5.26 Å². The number of carbonyl (C=O) groups excluding carboxylic acids is 1. The van der Waals surface area contributed by atoms with Gasteiger partial charge in [0.25, 0.3) is 5.89 Å². The summed E-state index contributed by atoms with van der Waals surface area (Å²) in [5, 5.41) is 21.5. The molecule has 1 amide bonds. The lowest BCUT2D eigenvalue weighted by Gasteiger charge is -2.31. The van der Waals surface area contributed by atoms with Gasteiger partial charge in [-0.3, -0.25) is 4.79 Å². The first-order chi connectivity index (χ1) is 18.2. The number of hydrogen-bond donors (Lipinski definition) is 1. The van der Waals surface area contributed by atoms with Crippen LogP contribution in [0.2, 0.25) is 0 Å². The van der Waals surface area contributed by atoms with Crippen molar-refractivity contribution in [1.82, 2.24) is 19.7 Å². The van der Waals surface area contributed by atoms with Crippen molar-refractivity contribution in [2.24, 2.45) is 5.92 Å². The van der Waals surface area contributed by atoms with Crippen molar-refractivity contribution in [2.45, 2.75) is 45.1 Å². The van der Waals surface area contributed by atoms with Crippen molar-refractivity contribution < 1.29 is 13.6 Å². The van der Waals surface area contributed by atoms with E-state index in [0.29, 0.717) is 37.6 Å². The Kier molecular flexibility index (Phi) is 6.18. The summed E-state index contributed by atoms with van der Waals surface area (Å²) in [7, 11) is 0. The molecule has 0 unspecified atom stereocenters. The molecular formula is C27H27N7O3. The Bertz CT molecular complexity index is 1440. The van der Waals surface area contributed by atoms with Crippen LogP contribution >= 0.6 is 0 Å². The number of nitrogens with one attached hydrogen (secondary N) is 1. The molecule has 0 bridgehead atoms. The number of fused-ring (bicyclic) bond motifs is 1. The second-order valence-electron chi connectivity index (χ2n) is 9.50. The van der Waals surface area contributed by atoms with Crippen LogP contribution in [0.3, 0.4) is 0 Å². The van der Waals surface area contributed by atoms with Crippen LogP contribution in [0.4, 0.5) is 11.6 Å². The van der Waals surface area contributed by atoms with E-state index in [-0.39, 0.29) is 23.4 Å². The van der Waals surface area contributed by atoms with E-state index in [1.165, 1.54) is 12.7 Å². The lowest BCUT2D eigenvalue weighted by Crippen LogP contribution is -2.38. The second kappa shape index (κ2) is 9.93. The second-order valence-corrected chi connectivity index (χ2v) is 9.50. The minimum atomic E-state index is -0.137. The standard InChI is InChI=1S/C27H27N7O3/c28-17-21-27(37-26(30-21)22-8-5-15-36-22)33-13-10-18(11-14-33)25(35)29-20-7-4-6-19(16-20)24-32-31-23-9-2-1-3-12-34(23)24/h4-8,15-16,18H,1-3,9-14H2,(H,29,35). The first kappa shape index (κ1) is 23.0. The summed E-state index contributed by atoms with van der Waals surface area (Å²) in [6.07, 6.45) is 7.25. The molecule has 1 N–H and O–H groups in total. The monoisotopic (exact) mass is 497 g/mol. The highest BCUT2D eigenvalue weighted by Crippen LogP contribution is 2.32. The zero-order chi connectivity index (χ0) is 25.2. The number of aromatic nitrogens is 4. The van der Waals surface area contributed by atoms with Gasteiger partial charge in [-0.15, -0.1) is 10.2 Å². The molecule has 2 aliphatic heterocycles. The SMILES string of the molecule is N#Cc1nc(-c2ccco2)oc1N1CCC(C(=O)Nc2cccc(-c3nnc4n3CCCCC4)c2)CC1. The van der Waals surface area contributed by atoms with Crippen LogP contribution in [0.5, 0.6) is 0 Å². The van der Waals surface area contributed by atoms with Gasteiger partial charge in [0.05, 0.1) is 6.26 Å². The van der Waals surface area contributed by atoms with Crippen LogP contribution < -0.4 is 10.2 Å². The number of nitrogens with zero attached hydrogens (tertiary/aromatic N) is 6. The first-order valence-corrected chi connectivity index (χ1v) is 12.7. The van der Waals surface area contributed by atoms with Crippen LogP contribution in [0.1, 0.15) is 43.6 Å². The first-order valence-electron chi connectivity index (χ1n) is 12.7. The highest BCUT2D eigenvalue weighted by Gasteiger charge is 2.29. The number of furan rings is 1. The van der Waals surface area contributed by atoms with Crippen LogP contribution in [0.25, 0.3) is 23.0 Å². The molecule has 1 fully saturated rings. The summed E-state index contributed by atoms with van der Waals surface area (Å²) in [6, 6.07) is 13.4. The Balaban J connectivity index is 1.11. The fraction of sp³-hybridized carbons (Fsp3) is 0.370. The van der Waals surface area contributed by atoms with Crippen LogP contribution in [-0.2, 0) is 17.8 Å². The smallest absolute Gasteiger partial charge is 0.266 e. The van der Waals surface area contributed by atoms with Gasteiger partial charge in [-0.1, -0.05) is 18.6 Å². The van der Waals surface area contributed by atoms with E-state index < -0.39 is 0 Å². The number of piperidine rings is 1. The third-order valence-corrected chi connectivity index (χ3v) is 7.10. The molecule has 0 atom stereocenters. The van der Waals surface area contributed by atoms with Gasteiger partial charge in [0, 0.05) is 43.2 Å². The molecule has 10 nitrogen and oxygen atoms in total. The predicted molar refractivity (Wildman–Crippen MR) is 135 cm³/mol. The molecule has 0 aliphatic carbocycles. The summed E-state index contributed by atoms with van der Waals surface area (Å²) in [5.41, 5.74) is 1.92. The number of hydrogen-bond acceptors (Lipinski definition) is 8. The van der Waals surface area contributed by atoms with Gasteiger partial charge in [0.15, 0.2) is 11.6 Å². The highest BCUT2D eigenvalue weighted by atomic mass is 16.4. The van der Waals surface area contributed by atoms with Gasteiger partial charge >= 0.3 is 0 Å². The Labute approximate surface area is 213 Å². The van der Waals surface area contributed by atoms with Crippen LogP contribution in [0, 0.1) is 17.2 Å². The molecule has 0 spiro atoms. The van der Waals surface area contributed by atoms with Crippen molar-refractivity contribution in [3.8, 4) is 29.1 Å². The number of nitriles is 1. The number of anilines is 2. The summed E-state index contributed by atoms with van der Waals surface area (Å²) >= 11 is 0. The van der Waals surface area contributed by atoms with E-state index in [1.54, 1.807) is 12.1 Å². The van der Waals surface area contributed by atoms with Crippen molar-refractivity contribution in [3.63, 3.8) is 0 Å². The van der Waals surface area contributed by atoms with Gasteiger partial charge in [0.1, 0.15) is 11.9 Å². The molecule has 10 heteroatoms. The Morgan fingerprint density at radius 2 is 1.97 bits per heavy atom. The van der Waals surface area contributed by atoms with Crippen LogP contribution in [0.15, 0.2) is 51.5 Å². The molecular weight excluding hydrogens is 470 g/mol. The Morgan fingerprint density at radius 1 is 1.08 bits per heavy atom. The molecule has 6 rings (SSSR count). The summed E-state index contributed by atoms with van der Waals surface area (Å²) < 4.78 is 13.4. The van der Waals surface area contributed by atoms with Crippen molar-refractivity contribution >= 4 is 17.5 Å². The molecule has 188 valence electrons. The number of carbonyl (C=O) groups is 1. The number of aryl methyl sites for hydroxylation is 1. The molecule has 2 aliphatic rings. The van der Waals surface area contributed by atoms with Crippen molar-refractivity contribution in [3.05, 3.63) is 54.2 Å². The van der Waals surface area contributed by atoms with E-state index in [4.69, 9.17) is 8.83 Å². The summed E-state index contributed by atoms with van der Waals surface area (Å²) in [4.78, 5) is 19.3. The summed E-state index contributed by atoms with van der Waals surface area (Å²) in [6.45, 7) is 2.10. The van der Waals surface area contributed by atoms with E-state index in [0.717, 1.165) is 48.7 Å². The average Bonchev–Trinajstić information content (AvgIpc) is 3.66. The summed E-state index contributed by atoms with van der Waals surface area (Å²) in [5.74, 6) is 2.93. The number of oxazole rings is 1. The fourth-order valence-electron chi connectivity index (χ4n) is 5.13. The van der Waals surface area contributed by atoms with Gasteiger partial charge in [-0.25, -0.2) is 0 Å². The molecule has 0 saturated carbocycles. The zero-order valence-electron chi connectivity index (χ0n) is 20.4. The van der Waals surface area contributed by atoms with E-state index in [2.05, 4.69) is 31.1 Å². The molecule has 5 heterocycles. The van der Waals surface area contributed by atoms with Crippen LogP contribution in [-0.4, -0.2) is 38.7 Å². The maximum Gasteiger partial charge on any atom is 0.266 e. The van der Waals surface area contributed by atoms with Gasteiger partial charge < -0.3 is 23.6 Å². The normalized spacial score (nSPS) is 16.1. The fourth-order valence-corrected chi connectivity index (χ4v) is 5.13. The van der Waals surface area contributed by atoms with E-state index in [1.807, 2.05) is 29.2 Å². The molecule has 1 saturated heterocycles. The lowest BCUT2D eigenvalue weighted by atomic mass is 9.95. The maximum absolute atomic E-state index is 13.1. The van der Waals surface area contributed by atoms with Gasteiger partial charge in [0.2, 0.25) is 17.5 Å². The number of amides is 1. The topological polar surface area (TPSA) is 126 Å². The lowest BCUT2D eigenvalue weighted by molar-refractivity contribution is -0.120. The van der Waals surface area contributed by atoms with Gasteiger partial charge in [-0.2, -0.15) is 10.2 Å². The minimum absolute atomic E-state index is 0.00813. The largest absolute Gasteiger partial charge is 0.459 e. The minimum Gasteiger partial charge on any atom is -0.459 e. The third kappa shape index (κ3) is 4.60. The molecule has 3 aromatic heterocycles. The molecule has 0 radical (unpaired) electrons. The quantitative estimate of drug-likeness (QED) is 0.422.